The molecule has 0 aromatic heterocycles. The second-order valence-corrected chi connectivity index (χ2v) is 19.3. The molecule has 2 aromatic rings. The van der Waals surface area contributed by atoms with E-state index in [4.69, 9.17) is 65.0 Å². The van der Waals surface area contributed by atoms with Gasteiger partial charge in [-0.05, 0) is 61.1 Å². The van der Waals surface area contributed by atoms with Crippen molar-refractivity contribution in [1.29, 1.82) is 0 Å². The molecule has 22 heteroatoms. The van der Waals surface area contributed by atoms with Crippen molar-refractivity contribution >= 4 is 107 Å². The van der Waals surface area contributed by atoms with Gasteiger partial charge in [-0.2, -0.15) is 0 Å². The van der Waals surface area contributed by atoms with Gasteiger partial charge in [-0.25, -0.2) is 0 Å². The number of quaternary nitrogens is 2. The lowest BCUT2D eigenvalue weighted by atomic mass is 9.56. The minimum atomic E-state index is -3.01. The summed E-state index contributed by atoms with van der Waals surface area (Å²) < 4.78 is 23.3. The van der Waals surface area contributed by atoms with E-state index in [1.165, 1.54) is 36.4 Å². The Hall–Kier alpha value is -4.19. The highest BCUT2D eigenvalue weighted by atomic mass is 35.5. The molecule has 4 fully saturated rings. The molecule has 16 nitrogen and oxygen atoms in total. The molecule has 334 valence electrons. The highest BCUT2D eigenvalue weighted by Crippen LogP contribution is 2.44. The molecule has 0 aliphatic carbocycles. The van der Waals surface area contributed by atoms with Crippen LogP contribution in [0.25, 0.3) is 0 Å². The average Bonchev–Trinajstić information content (AvgIpc) is 3.81. The quantitative estimate of drug-likeness (QED) is 0.144. The molecule has 0 radical (unpaired) electrons. The van der Waals surface area contributed by atoms with E-state index >= 15 is 0 Å². The number of carbonyl (C=O) groups excluding carboxylic acids is 8. The minimum absolute atomic E-state index is 0.0816. The van der Waals surface area contributed by atoms with Gasteiger partial charge in [0.15, 0.2) is 11.6 Å². The number of halogens is 4. The Bertz CT molecular complexity index is 2020. The SMILES string of the molecule is CC(C)C[C@H](NC(=O)CCC(=O)c1cc(Cl)ccc1Cl)[B-]12OC(=O)C[N+]1(CC[N+]13CC(=O)O[B-]1([C@H](CC(C)C)NC(=O)CCC(=O)c1cc(Cl)ccc1Cl)OC(=O)C3)CC(=O)O2. The first-order valence-corrected chi connectivity index (χ1v) is 22.1. The Kier molecular flexibility index (Phi) is 14.1. The largest absolute Gasteiger partial charge is 0.605 e. The van der Waals surface area contributed by atoms with Crippen LogP contribution in [0.3, 0.4) is 0 Å². The van der Waals surface area contributed by atoms with Gasteiger partial charge in [-0.1, -0.05) is 74.1 Å². The lowest BCUT2D eigenvalue weighted by Gasteiger charge is -2.52. The topological polar surface area (TPSA) is 198 Å². The molecule has 4 aliphatic heterocycles. The molecule has 0 bridgehead atoms. The molecule has 6 rings (SSSR count). The number of benzene rings is 2. The summed E-state index contributed by atoms with van der Waals surface area (Å²) >= 11 is 24.6. The van der Waals surface area contributed by atoms with Crippen LogP contribution in [-0.4, -0.2) is 121 Å². The monoisotopic (exact) mass is 938 g/mol. The van der Waals surface area contributed by atoms with Gasteiger partial charge in [0.1, 0.15) is 26.2 Å². The van der Waals surface area contributed by atoms with Crippen molar-refractivity contribution in [2.75, 3.05) is 39.3 Å². The second-order valence-electron chi connectivity index (χ2n) is 17.6. The number of nitrogens with one attached hydrogen (secondary N) is 2. The predicted octanol–water partition coefficient (Wildman–Crippen LogP) is 4.81. The van der Waals surface area contributed by atoms with Gasteiger partial charge in [0.25, 0.3) is 0 Å². The summed E-state index contributed by atoms with van der Waals surface area (Å²) in [6.07, 6.45) is -0.614. The summed E-state index contributed by atoms with van der Waals surface area (Å²) in [5.74, 6) is -7.06. The summed E-state index contributed by atoms with van der Waals surface area (Å²) in [5.41, 5.74) is 0.309. The Labute approximate surface area is 378 Å². The lowest BCUT2D eigenvalue weighted by Crippen LogP contribution is -2.77. The molecule has 2 atom stereocenters. The van der Waals surface area contributed by atoms with Crippen molar-refractivity contribution < 1.29 is 65.8 Å². The number of rotatable bonds is 19. The molecule has 0 spiro atoms. The van der Waals surface area contributed by atoms with Crippen LogP contribution in [0.1, 0.15) is 86.9 Å². The van der Waals surface area contributed by atoms with E-state index in [-0.39, 0.29) is 111 Å². The zero-order valence-corrected chi connectivity index (χ0v) is 37.7. The molecule has 2 amide bonds. The lowest BCUT2D eigenvalue weighted by molar-refractivity contribution is -0.875. The fourth-order valence-electron chi connectivity index (χ4n) is 9.61. The number of carbonyl (C=O) groups is 8. The maximum Gasteiger partial charge on any atom is 0.605 e. The number of Topliss-reactive ketones (excluding diaryl/α,β-unsaturated/α-hetero) is 2. The molecule has 2 N–H and O–H groups in total. The standard InChI is InChI=1S/C40H48B2Cl4N4O12/c1-23(2)15-33(47-35(53)11-9-31(51)27-17-25(43)5-7-29(27)45)41-49(19-37(55)59-41,20-38(56)60-41)13-14-50-21-39(57)61-42(50,62-40(58)22-50)34(16-24(3)4)48-36(54)12-10-32(52)28-18-26(44)6-8-30(28)46/h5-8,17-18,23-24,33-34H,9-16,19-22H2,1-4H3,(H,47,53)(H,48,54)/t33-,34-,41?,42?,49?,50?/m0/s1. The Morgan fingerprint density at radius 2 is 0.887 bits per heavy atom. The zero-order valence-electron chi connectivity index (χ0n) is 34.7. The number of nitrogens with zero attached hydrogens (tertiary/aromatic N) is 2. The van der Waals surface area contributed by atoms with Gasteiger partial charge >= 0.3 is 37.3 Å². The van der Waals surface area contributed by atoms with E-state index in [1.807, 2.05) is 27.7 Å². The number of hydrogen-bond donors (Lipinski definition) is 2. The fourth-order valence-corrected chi connectivity index (χ4v) is 10.4. The third-order valence-electron chi connectivity index (χ3n) is 12.3. The summed E-state index contributed by atoms with van der Waals surface area (Å²) in [6, 6.07) is 8.86. The third-order valence-corrected chi connectivity index (χ3v) is 13.4. The van der Waals surface area contributed by atoms with E-state index in [0.717, 1.165) is 0 Å². The van der Waals surface area contributed by atoms with Crippen LogP contribution >= 0.6 is 46.4 Å². The first kappa shape index (κ1) is 47.3. The molecule has 0 unspecified atom stereocenters. The second kappa shape index (κ2) is 18.5. The third kappa shape index (κ3) is 9.51. The zero-order chi connectivity index (χ0) is 45.4. The van der Waals surface area contributed by atoms with Crippen molar-refractivity contribution in [2.45, 2.75) is 78.1 Å². The molecular formula is C40H48B2Cl4N4O12. The van der Waals surface area contributed by atoms with Crippen molar-refractivity contribution in [3.05, 3.63) is 67.6 Å². The molecule has 62 heavy (non-hydrogen) atoms. The number of fused-ring (bicyclic) bond motifs is 2. The summed E-state index contributed by atoms with van der Waals surface area (Å²) in [5, 5.41) is 6.76. The van der Waals surface area contributed by atoms with E-state index < -0.39 is 81.3 Å². The number of ketones is 2. The van der Waals surface area contributed by atoms with Crippen LogP contribution in [0.15, 0.2) is 36.4 Å². The number of hydrogen-bond acceptors (Lipinski definition) is 12. The predicted molar refractivity (Wildman–Crippen MR) is 228 cm³/mol. The maximum atomic E-state index is 13.6. The van der Waals surface area contributed by atoms with Crippen molar-refractivity contribution in [1.82, 2.24) is 10.6 Å². The van der Waals surface area contributed by atoms with Gasteiger partial charge in [0, 0.05) is 46.9 Å². The van der Waals surface area contributed by atoms with Crippen LogP contribution in [0.5, 0.6) is 0 Å². The molecular weight excluding hydrogens is 892 g/mol. The van der Waals surface area contributed by atoms with Gasteiger partial charge in [0.2, 0.25) is 11.8 Å². The van der Waals surface area contributed by atoms with E-state index in [2.05, 4.69) is 10.6 Å². The fraction of sp³-hybridized carbons (Fsp3) is 0.500. The average molecular weight is 940 g/mol. The van der Waals surface area contributed by atoms with Gasteiger partial charge < -0.3 is 38.0 Å². The molecule has 4 aliphatic rings. The molecule has 4 saturated heterocycles. The van der Waals surface area contributed by atoms with Crippen molar-refractivity contribution in [3.8, 4) is 0 Å². The summed E-state index contributed by atoms with van der Waals surface area (Å²) in [4.78, 5) is 107. The van der Waals surface area contributed by atoms with E-state index in [1.54, 1.807) is 0 Å². The summed E-state index contributed by atoms with van der Waals surface area (Å²) in [7, 11) is 0. The molecule has 0 saturated carbocycles. The molecule has 2 aromatic carbocycles. The van der Waals surface area contributed by atoms with Crippen molar-refractivity contribution in [2.24, 2.45) is 11.8 Å². The smallest absolute Gasteiger partial charge is 0.599 e. The number of amides is 2. The van der Waals surface area contributed by atoms with Crippen LogP contribution in [0.4, 0.5) is 0 Å². The minimum Gasteiger partial charge on any atom is -0.599 e. The first-order valence-electron chi connectivity index (χ1n) is 20.6. The van der Waals surface area contributed by atoms with Crippen LogP contribution in [0, 0.1) is 11.8 Å². The highest BCUT2D eigenvalue weighted by molar-refractivity contribution is 6.68. The van der Waals surface area contributed by atoms with Gasteiger partial charge in [-0.15, -0.1) is 0 Å². The van der Waals surface area contributed by atoms with Crippen molar-refractivity contribution in [3.63, 3.8) is 0 Å². The van der Waals surface area contributed by atoms with Gasteiger partial charge in [-0.3, -0.25) is 38.4 Å². The first-order chi connectivity index (χ1) is 29.1. The van der Waals surface area contributed by atoms with E-state index in [9.17, 15) is 38.4 Å². The Morgan fingerprint density at radius 1 is 0.565 bits per heavy atom. The van der Waals surface area contributed by atoms with E-state index in [0.29, 0.717) is 10.0 Å². The highest BCUT2D eigenvalue weighted by Gasteiger charge is 2.74. The normalized spacial score (nSPS) is 26.0. The van der Waals surface area contributed by atoms with Crippen LogP contribution in [-0.2, 0) is 47.4 Å². The summed E-state index contributed by atoms with van der Waals surface area (Å²) in [6.45, 7) is -0.00142. The Morgan fingerprint density at radius 3 is 1.19 bits per heavy atom. The van der Waals surface area contributed by atoms with Gasteiger partial charge in [0.05, 0.1) is 35.0 Å². The van der Waals surface area contributed by atoms with Crippen LogP contribution in [0.2, 0.25) is 20.1 Å². The maximum absolute atomic E-state index is 13.6. The Balaban J connectivity index is 1.26. The molecule has 4 heterocycles. The van der Waals surface area contributed by atoms with Crippen LogP contribution < -0.4 is 10.6 Å².